The van der Waals surface area contributed by atoms with Crippen molar-refractivity contribution in [2.75, 3.05) is 111 Å². The molecule has 0 aliphatic carbocycles. The number of carbonyl (C=O) groups excluding carboxylic acids is 8. The number of nitrogen functional groups attached to an aromatic ring is 4. The highest BCUT2D eigenvalue weighted by molar-refractivity contribution is 6.30. The van der Waals surface area contributed by atoms with Gasteiger partial charge in [0.25, 0.3) is 0 Å². The summed E-state index contributed by atoms with van der Waals surface area (Å²) in [6.45, 7) is 14.6. The maximum atomic E-state index is 13.0. The van der Waals surface area contributed by atoms with Gasteiger partial charge in [0.05, 0.1) is 80.2 Å². The second-order valence-electron chi connectivity index (χ2n) is 37.5. The molecular formula is C106H135ClN24O9. The van der Waals surface area contributed by atoms with Crippen LogP contribution in [0.5, 0.6) is 0 Å². The highest BCUT2D eigenvalue weighted by atomic mass is 35.5. The van der Waals surface area contributed by atoms with E-state index in [4.69, 9.17) is 39.6 Å². The fourth-order valence-corrected chi connectivity index (χ4v) is 19.3. The van der Waals surface area contributed by atoms with Gasteiger partial charge in [0, 0.05) is 233 Å². The molecule has 6 fully saturated rings. The van der Waals surface area contributed by atoms with Gasteiger partial charge in [0.15, 0.2) is 0 Å². The topological polar surface area (TPSA) is 410 Å². The fraction of sp³-hybridized carbons (Fsp3) is 0.453. The number of hydrogen-bond donors (Lipinski definition) is 5. The molecular weight excluding hydrogens is 1790 g/mol. The Labute approximate surface area is 824 Å². The van der Waals surface area contributed by atoms with E-state index in [9.17, 15) is 38.4 Å². The molecule has 34 heteroatoms. The molecule has 4 unspecified atom stereocenters. The van der Waals surface area contributed by atoms with Crippen molar-refractivity contribution in [1.82, 2.24) is 89.4 Å². The lowest BCUT2D eigenvalue weighted by atomic mass is 10.0. The standard InChI is InChI=1S/C30H38ClN7O2.C30H39N7O2.C26H31N5O2.C20H27N5O3/c31-24-3-1-4-27(19-24)36-17-15-35(16-18-36)20-26-21-37(34-33-26)22-28-5-2-14-38(28)30(40)13-12-29(39)11-8-23-6-9-25(32)10-7-23;31-25-11-8-24(9-12-25)10-13-29(38)14-15-30(39)37-16-4-7-28(37)23-36-22-26(32-33-36)21-34-17-19-35(20-18-34)27-5-2-1-3-6-27;27-22-11-8-20(9-12-22)10-13-25(32)14-15-26(33)31-16-4-7-24(31)19-30-18-23(28-29-30)17-21-5-2-1-3-6-21;21-16-6-3-15(4-7-16)5-8-19(27)9-10-20(28)25-11-1-2-18(25)13-24-12-17(14-26)22-23-24/h1,3-4,6-7,9-10,19,21,28H,2,5,8,11-18,20,22,32H2;1-3,5-6,8-9,11-12,22,28H,4,7,10,13-21,23,31H2;1-3,5-6,8-9,11-12,18,24H,4,7,10,13-17,19,27H2;3-4,6-7,12,18,26H,1-2,5,8-11,13-14,21H2. The van der Waals surface area contributed by atoms with Gasteiger partial charge in [-0.2, -0.15) is 0 Å². The van der Waals surface area contributed by atoms with Crippen molar-refractivity contribution in [3.05, 3.63) is 262 Å². The first-order valence-electron chi connectivity index (χ1n) is 49.7. The SMILES string of the molecule is Nc1ccc(CCC(=O)CCC(=O)N2CCCC2Cn2cc(CN3CCN(c4cccc(Cl)c4)CC3)nn2)cc1.Nc1ccc(CCC(=O)CCC(=O)N2CCCC2Cn2cc(CN3CCN(c4ccccc4)CC3)nn2)cc1.Nc1ccc(CCC(=O)CCC(=O)N2CCCC2Cn2cc(CO)nn2)cc1.Nc1ccc(CCC(=O)CCC(=O)N2CCCC2Cn2cc(Cc3ccccc3)nn2)cc1. The lowest BCUT2D eigenvalue weighted by molar-refractivity contribution is -0.134. The Morgan fingerprint density at radius 3 is 0.921 bits per heavy atom. The number of likely N-dealkylation sites (tertiary alicyclic amines) is 4. The van der Waals surface area contributed by atoms with Gasteiger partial charge >= 0.3 is 0 Å². The zero-order chi connectivity index (χ0) is 97.9. The number of carbonyl (C=O) groups is 8. The third-order valence-electron chi connectivity index (χ3n) is 27.1. The first-order valence-corrected chi connectivity index (χ1v) is 50.0. The molecule has 9 N–H and O–H groups in total. The van der Waals surface area contributed by atoms with Crippen molar-refractivity contribution in [2.45, 2.75) is 231 Å². The van der Waals surface area contributed by atoms with E-state index in [1.165, 1.54) is 11.3 Å². The summed E-state index contributed by atoms with van der Waals surface area (Å²) >= 11 is 6.16. The number of aliphatic hydroxyl groups excluding tert-OH is 1. The van der Waals surface area contributed by atoms with Gasteiger partial charge in [-0.3, -0.25) is 66.9 Å². The molecule has 140 heavy (non-hydrogen) atoms. The van der Waals surface area contributed by atoms with Crippen molar-refractivity contribution in [3.8, 4) is 0 Å². The monoisotopic (exact) mass is 1920 g/mol. The summed E-state index contributed by atoms with van der Waals surface area (Å²) in [4.78, 5) is 118. The quantitative estimate of drug-likeness (QED) is 0.0222. The van der Waals surface area contributed by atoms with E-state index in [0.29, 0.717) is 120 Å². The number of nitrogens with two attached hydrogens (primary N) is 4. The predicted molar refractivity (Wildman–Crippen MR) is 541 cm³/mol. The Morgan fingerprint density at radius 2 is 0.600 bits per heavy atom. The molecule has 4 aromatic heterocycles. The Hall–Kier alpha value is -13.4. The Bertz CT molecular complexity index is 5770. The van der Waals surface area contributed by atoms with E-state index < -0.39 is 0 Å². The number of Topliss-reactive ketones (excluding diaryl/α,β-unsaturated/α-hetero) is 4. The Balaban J connectivity index is 0.000000150. The minimum Gasteiger partial charge on any atom is -0.399 e. The normalized spacial score (nSPS) is 17.1. The molecule has 6 aliphatic rings. The third kappa shape index (κ3) is 32.4. The summed E-state index contributed by atoms with van der Waals surface area (Å²) in [5.41, 5.74) is 37.0. The summed E-state index contributed by atoms with van der Waals surface area (Å²) in [7, 11) is 0. The van der Waals surface area contributed by atoms with Crippen LogP contribution in [0, 0.1) is 0 Å². The zero-order valence-electron chi connectivity index (χ0n) is 80.4. The lowest BCUT2D eigenvalue weighted by Gasteiger charge is -2.35. The Morgan fingerprint density at radius 1 is 0.307 bits per heavy atom. The van der Waals surface area contributed by atoms with Crippen molar-refractivity contribution in [2.24, 2.45) is 0 Å². The first-order chi connectivity index (χ1) is 68.1. The van der Waals surface area contributed by atoms with Crippen LogP contribution in [0.1, 0.15) is 179 Å². The molecule has 33 nitrogen and oxygen atoms in total. The first kappa shape index (κ1) is 103. The van der Waals surface area contributed by atoms with E-state index in [2.05, 4.69) is 109 Å². The van der Waals surface area contributed by atoms with Crippen LogP contribution < -0.4 is 32.7 Å². The number of ketones is 4. The highest BCUT2D eigenvalue weighted by Crippen LogP contribution is 2.29. The molecule has 0 spiro atoms. The number of para-hydroxylation sites is 1. The van der Waals surface area contributed by atoms with Crippen LogP contribution in [-0.4, -0.2) is 244 Å². The minimum absolute atomic E-state index is 0.0193. The molecule has 6 saturated heterocycles. The number of nitrogens with zero attached hydrogens (tertiary/aromatic N) is 20. The number of aliphatic hydroxyl groups is 1. The summed E-state index contributed by atoms with van der Waals surface area (Å²) < 4.78 is 7.25. The summed E-state index contributed by atoms with van der Waals surface area (Å²) in [5.74, 6) is 0.671. The van der Waals surface area contributed by atoms with Crippen LogP contribution in [-0.2, 0) is 116 Å². The average molecular weight is 1920 g/mol. The van der Waals surface area contributed by atoms with Crippen molar-refractivity contribution >= 4 is 92.5 Å². The number of anilines is 6. The van der Waals surface area contributed by atoms with Gasteiger partial charge in [-0.15, -0.1) is 20.4 Å². The molecule has 17 rings (SSSR count). The molecule has 6 aliphatic heterocycles. The minimum atomic E-state index is -0.147. The van der Waals surface area contributed by atoms with Gasteiger partial charge < -0.3 is 57.4 Å². The number of rotatable bonds is 41. The van der Waals surface area contributed by atoms with Crippen LogP contribution in [0.15, 0.2) is 207 Å². The Kier molecular flexibility index (Phi) is 38.5. The average Bonchev–Trinajstić information content (AvgIpc) is 1.70. The number of aromatic nitrogens is 12. The molecule has 10 heterocycles. The largest absolute Gasteiger partial charge is 0.399 e. The third-order valence-corrected chi connectivity index (χ3v) is 27.3. The fourth-order valence-electron chi connectivity index (χ4n) is 19.1. The summed E-state index contributed by atoms with van der Waals surface area (Å²) in [6.07, 6.45) is 22.7. The van der Waals surface area contributed by atoms with Gasteiger partial charge in [0.1, 0.15) is 28.8 Å². The molecule has 0 bridgehead atoms. The lowest BCUT2D eigenvalue weighted by Crippen LogP contribution is -2.46. The number of halogens is 1. The maximum absolute atomic E-state index is 13.0. The van der Waals surface area contributed by atoms with E-state index >= 15 is 0 Å². The number of piperazine rings is 2. The zero-order valence-corrected chi connectivity index (χ0v) is 81.2. The molecule has 0 saturated carbocycles. The summed E-state index contributed by atoms with van der Waals surface area (Å²) in [6, 6.07) is 59.4. The molecule has 11 aromatic rings. The number of hydrogen-bond acceptors (Lipinski definition) is 25. The number of amides is 4. The number of aryl methyl sites for hydroxylation is 4. The van der Waals surface area contributed by atoms with Crippen molar-refractivity contribution in [1.29, 1.82) is 0 Å². The van der Waals surface area contributed by atoms with Gasteiger partial charge in [0.2, 0.25) is 23.6 Å². The molecule has 4 amide bonds. The van der Waals surface area contributed by atoms with E-state index in [0.717, 1.165) is 199 Å². The molecule has 0 radical (unpaired) electrons. The van der Waals surface area contributed by atoms with Gasteiger partial charge in [-0.05, 0) is 184 Å². The van der Waals surface area contributed by atoms with Crippen LogP contribution in [0.2, 0.25) is 5.02 Å². The molecule has 4 atom stereocenters. The molecule has 740 valence electrons. The van der Waals surface area contributed by atoms with Crippen LogP contribution >= 0.6 is 11.6 Å². The second-order valence-corrected chi connectivity index (χ2v) is 38.0. The highest BCUT2D eigenvalue weighted by Gasteiger charge is 2.35. The van der Waals surface area contributed by atoms with E-state index in [1.54, 1.807) is 10.9 Å². The van der Waals surface area contributed by atoms with E-state index in [-0.39, 0.29) is 116 Å². The van der Waals surface area contributed by atoms with Crippen molar-refractivity contribution < 1.29 is 43.5 Å². The number of benzene rings is 7. The van der Waals surface area contributed by atoms with Gasteiger partial charge in [-0.25, -0.2) is 0 Å². The van der Waals surface area contributed by atoms with Crippen molar-refractivity contribution in [3.63, 3.8) is 0 Å². The smallest absolute Gasteiger partial charge is 0.223 e. The van der Waals surface area contributed by atoms with E-state index in [1.807, 2.05) is 186 Å². The molecule has 7 aromatic carbocycles. The predicted octanol–water partition coefficient (Wildman–Crippen LogP) is 11.7. The summed E-state index contributed by atoms with van der Waals surface area (Å²) in [5, 5.41) is 43.8. The second kappa shape index (κ2) is 52.6. The van der Waals surface area contributed by atoms with Gasteiger partial charge in [-0.1, -0.05) is 136 Å². The maximum Gasteiger partial charge on any atom is 0.223 e. The van der Waals surface area contributed by atoms with Crippen LogP contribution in [0.4, 0.5) is 34.1 Å². The van der Waals surface area contributed by atoms with Crippen LogP contribution in [0.3, 0.4) is 0 Å². The van der Waals surface area contributed by atoms with Crippen LogP contribution in [0.25, 0.3) is 0 Å².